The van der Waals surface area contributed by atoms with E-state index in [1.54, 1.807) is 6.07 Å². The van der Waals surface area contributed by atoms with Crippen LogP contribution in [0, 0.1) is 5.82 Å². The fourth-order valence-corrected chi connectivity index (χ4v) is 4.01. The maximum Gasteiger partial charge on any atom is 0.153 e. The molecule has 1 heterocycles. The van der Waals surface area contributed by atoms with E-state index < -0.39 is 9.84 Å². The van der Waals surface area contributed by atoms with Crippen LogP contribution in [0.25, 0.3) is 0 Å². The largest absolute Gasteiger partial charge is 0.294 e. The number of rotatable bonds is 2. The van der Waals surface area contributed by atoms with Crippen molar-refractivity contribution in [3.63, 3.8) is 0 Å². The van der Waals surface area contributed by atoms with E-state index >= 15 is 0 Å². The first-order chi connectivity index (χ1) is 8.37. The third kappa shape index (κ3) is 3.30. The van der Waals surface area contributed by atoms with Crippen molar-refractivity contribution in [2.75, 3.05) is 18.1 Å². The molecule has 100 valence electrons. The molecule has 0 N–H and O–H groups in total. The molecular weight excluding hydrogens is 321 g/mol. The molecule has 1 atom stereocenters. The number of hydrogen-bond donors (Lipinski definition) is 0. The van der Waals surface area contributed by atoms with Crippen LogP contribution in [0.3, 0.4) is 0 Å². The van der Waals surface area contributed by atoms with Crippen molar-refractivity contribution in [3.8, 4) is 0 Å². The molecule has 0 radical (unpaired) electrons. The van der Waals surface area contributed by atoms with Gasteiger partial charge in [0.25, 0.3) is 0 Å². The van der Waals surface area contributed by atoms with Crippen LogP contribution in [0.2, 0.25) is 0 Å². The lowest BCUT2D eigenvalue weighted by molar-refractivity contribution is 0.218. The van der Waals surface area contributed by atoms with Crippen molar-refractivity contribution in [1.29, 1.82) is 0 Å². The summed E-state index contributed by atoms with van der Waals surface area (Å²) in [5.74, 6) is 0.0901. The van der Waals surface area contributed by atoms with E-state index in [1.807, 2.05) is 13.0 Å². The first kappa shape index (κ1) is 14.0. The van der Waals surface area contributed by atoms with Gasteiger partial charge in [0.05, 0.1) is 16.0 Å². The van der Waals surface area contributed by atoms with Crippen molar-refractivity contribution < 1.29 is 12.8 Å². The van der Waals surface area contributed by atoms with Gasteiger partial charge in [0.15, 0.2) is 9.84 Å². The van der Waals surface area contributed by atoms with Crippen LogP contribution in [0.15, 0.2) is 22.7 Å². The summed E-state index contributed by atoms with van der Waals surface area (Å²) in [4.78, 5) is 2.07. The van der Waals surface area contributed by atoms with Crippen LogP contribution in [-0.2, 0) is 16.4 Å². The molecule has 0 unspecified atom stereocenters. The molecule has 0 bridgehead atoms. The highest BCUT2D eigenvalue weighted by Crippen LogP contribution is 2.19. The Bertz CT molecular complexity index is 547. The Kier molecular flexibility index (Phi) is 4.08. The van der Waals surface area contributed by atoms with Gasteiger partial charge < -0.3 is 0 Å². The summed E-state index contributed by atoms with van der Waals surface area (Å²) in [6.45, 7) is 2.99. The molecule has 1 fully saturated rings. The Morgan fingerprint density at radius 3 is 2.83 bits per heavy atom. The number of sulfone groups is 1. The third-order valence-electron chi connectivity index (χ3n) is 3.18. The first-order valence-corrected chi connectivity index (χ1v) is 8.37. The summed E-state index contributed by atoms with van der Waals surface area (Å²) in [5, 5.41) is 0. The van der Waals surface area contributed by atoms with E-state index in [9.17, 15) is 12.8 Å². The van der Waals surface area contributed by atoms with E-state index in [2.05, 4.69) is 20.8 Å². The second-order valence-corrected chi connectivity index (χ2v) is 7.77. The average Bonchev–Trinajstić information content (AvgIpc) is 2.27. The summed E-state index contributed by atoms with van der Waals surface area (Å²) in [6, 6.07) is 4.99. The van der Waals surface area contributed by atoms with Crippen LogP contribution in [0.1, 0.15) is 12.5 Å². The molecular formula is C12H15BrFNO2S. The van der Waals surface area contributed by atoms with E-state index in [-0.39, 0.29) is 23.4 Å². The van der Waals surface area contributed by atoms with Gasteiger partial charge in [0, 0.05) is 19.1 Å². The molecule has 0 saturated carbocycles. The van der Waals surface area contributed by atoms with Gasteiger partial charge in [-0.1, -0.05) is 6.07 Å². The summed E-state index contributed by atoms with van der Waals surface area (Å²) in [6.07, 6.45) is 0. The maximum atomic E-state index is 13.4. The Morgan fingerprint density at radius 1 is 1.50 bits per heavy atom. The molecule has 6 heteroatoms. The normalized spacial score (nSPS) is 24.1. The number of halogens is 2. The van der Waals surface area contributed by atoms with Crippen molar-refractivity contribution in [1.82, 2.24) is 4.90 Å². The highest BCUT2D eigenvalue weighted by atomic mass is 79.9. The molecule has 1 aromatic rings. The van der Waals surface area contributed by atoms with Crippen LogP contribution >= 0.6 is 15.9 Å². The lowest BCUT2D eigenvalue weighted by atomic mass is 10.2. The SMILES string of the molecule is C[C@@H]1CS(=O)(=O)CCN1Cc1ccc(Br)c(F)c1. The molecule has 18 heavy (non-hydrogen) atoms. The molecule has 0 aliphatic carbocycles. The predicted octanol–water partition coefficient (Wildman–Crippen LogP) is 2.21. The first-order valence-electron chi connectivity index (χ1n) is 5.76. The van der Waals surface area contributed by atoms with E-state index in [4.69, 9.17) is 0 Å². The molecule has 0 amide bonds. The average molecular weight is 336 g/mol. The van der Waals surface area contributed by atoms with Crippen molar-refractivity contribution in [2.24, 2.45) is 0 Å². The lowest BCUT2D eigenvalue weighted by Crippen LogP contribution is -2.46. The van der Waals surface area contributed by atoms with Crippen molar-refractivity contribution >= 4 is 25.8 Å². The van der Waals surface area contributed by atoms with Crippen molar-refractivity contribution in [2.45, 2.75) is 19.5 Å². The number of nitrogens with zero attached hydrogens (tertiary/aromatic N) is 1. The number of benzene rings is 1. The minimum absolute atomic E-state index is 0.0181. The van der Waals surface area contributed by atoms with Gasteiger partial charge in [-0.3, -0.25) is 4.90 Å². The molecule has 3 nitrogen and oxygen atoms in total. The standard InChI is InChI=1S/C12H15BrFNO2S/c1-9-8-18(16,17)5-4-15(9)7-10-2-3-11(13)12(14)6-10/h2-3,6,9H,4-5,7-8H2,1H3/t9-/m1/s1. The van der Waals surface area contributed by atoms with Gasteiger partial charge in [-0.05, 0) is 40.5 Å². The van der Waals surface area contributed by atoms with Gasteiger partial charge in [0.1, 0.15) is 5.82 Å². The van der Waals surface area contributed by atoms with Crippen molar-refractivity contribution in [3.05, 3.63) is 34.1 Å². The van der Waals surface area contributed by atoms with Gasteiger partial charge in [0.2, 0.25) is 0 Å². The molecule has 1 aliphatic rings. The minimum atomic E-state index is -2.90. The fraction of sp³-hybridized carbons (Fsp3) is 0.500. The Morgan fingerprint density at radius 2 is 2.22 bits per heavy atom. The predicted molar refractivity (Wildman–Crippen MR) is 72.6 cm³/mol. The van der Waals surface area contributed by atoms with Gasteiger partial charge in [-0.2, -0.15) is 0 Å². The van der Waals surface area contributed by atoms with E-state index in [1.165, 1.54) is 6.07 Å². The zero-order valence-electron chi connectivity index (χ0n) is 10.1. The lowest BCUT2D eigenvalue weighted by Gasteiger charge is -2.33. The summed E-state index contributed by atoms with van der Waals surface area (Å²) < 4.78 is 36.8. The second-order valence-electron chi connectivity index (χ2n) is 4.68. The zero-order chi connectivity index (χ0) is 13.3. The summed E-state index contributed by atoms with van der Waals surface area (Å²) >= 11 is 3.11. The van der Waals surface area contributed by atoms with Gasteiger partial charge in [-0.15, -0.1) is 0 Å². The molecule has 1 aliphatic heterocycles. The smallest absolute Gasteiger partial charge is 0.153 e. The molecule has 1 aromatic carbocycles. The van der Waals surface area contributed by atoms with Crippen LogP contribution in [-0.4, -0.2) is 37.4 Å². The van der Waals surface area contributed by atoms with E-state index in [0.29, 0.717) is 17.6 Å². The summed E-state index contributed by atoms with van der Waals surface area (Å²) in [7, 11) is -2.90. The van der Waals surface area contributed by atoms with Crippen LogP contribution in [0.5, 0.6) is 0 Å². The second kappa shape index (κ2) is 5.27. The summed E-state index contributed by atoms with van der Waals surface area (Å²) in [5.41, 5.74) is 0.863. The minimum Gasteiger partial charge on any atom is -0.294 e. The van der Waals surface area contributed by atoms with Gasteiger partial charge in [-0.25, -0.2) is 12.8 Å². The topological polar surface area (TPSA) is 37.4 Å². The van der Waals surface area contributed by atoms with Crippen LogP contribution in [0.4, 0.5) is 4.39 Å². The van der Waals surface area contributed by atoms with Crippen LogP contribution < -0.4 is 0 Å². The molecule has 0 aromatic heterocycles. The Hall–Kier alpha value is -0.460. The highest BCUT2D eigenvalue weighted by Gasteiger charge is 2.27. The molecule has 0 spiro atoms. The Labute approximate surface area is 115 Å². The Balaban J connectivity index is 2.08. The van der Waals surface area contributed by atoms with Gasteiger partial charge >= 0.3 is 0 Å². The fourth-order valence-electron chi connectivity index (χ4n) is 2.14. The highest BCUT2D eigenvalue weighted by molar-refractivity contribution is 9.10. The monoisotopic (exact) mass is 335 g/mol. The van der Waals surface area contributed by atoms with E-state index in [0.717, 1.165) is 5.56 Å². The number of hydrogen-bond acceptors (Lipinski definition) is 3. The zero-order valence-corrected chi connectivity index (χ0v) is 12.5. The third-order valence-corrected chi connectivity index (χ3v) is 5.62. The quantitative estimate of drug-likeness (QED) is 0.831. The molecule has 1 saturated heterocycles. The maximum absolute atomic E-state index is 13.4. The molecule has 2 rings (SSSR count).